The van der Waals surface area contributed by atoms with Crippen molar-refractivity contribution in [3.05, 3.63) is 34.0 Å². The van der Waals surface area contributed by atoms with Gasteiger partial charge in [0.1, 0.15) is 10.7 Å². The molecule has 0 aliphatic heterocycles. The third-order valence-corrected chi connectivity index (χ3v) is 3.93. The lowest BCUT2D eigenvalue weighted by atomic mass is 10.4. The fourth-order valence-electron chi connectivity index (χ4n) is 1.92. The Bertz CT molecular complexity index is 736. The molecule has 0 atom stereocenters. The third-order valence-electron chi connectivity index (χ3n) is 3.03. The lowest BCUT2D eigenvalue weighted by Crippen LogP contribution is -2.39. The summed E-state index contributed by atoms with van der Waals surface area (Å²) < 4.78 is 37.8. The van der Waals surface area contributed by atoms with E-state index < -0.39 is 11.9 Å². The Morgan fingerprint density at radius 3 is 2.63 bits per heavy atom. The van der Waals surface area contributed by atoms with E-state index in [0.717, 1.165) is 22.1 Å². The minimum atomic E-state index is -4.49. The molecular formula is C15H21F3IN7S. The van der Waals surface area contributed by atoms with Gasteiger partial charge in [0.25, 0.3) is 0 Å². The average molecular weight is 515 g/mol. The number of halogens is 4. The van der Waals surface area contributed by atoms with E-state index in [1.807, 2.05) is 13.8 Å². The molecule has 0 bridgehead atoms. The van der Waals surface area contributed by atoms with Gasteiger partial charge in [0.05, 0.1) is 6.54 Å². The summed E-state index contributed by atoms with van der Waals surface area (Å²) in [4.78, 5) is 17.0. The van der Waals surface area contributed by atoms with Gasteiger partial charge < -0.3 is 16.0 Å². The minimum absolute atomic E-state index is 0. The van der Waals surface area contributed by atoms with E-state index in [2.05, 4.69) is 35.9 Å². The summed E-state index contributed by atoms with van der Waals surface area (Å²) >= 11 is 1.58. The van der Waals surface area contributed by atoms with E-state index in [1.165, 1.54) is 0 Å². The summed E-state index contributed by atoms with van der Waals surface area (Å²) in [5, 5.41) is 9.85. The quantitative estimate of drug-likeness (QED) is 0.228. The van der Waals surface area contributed by atoms with Crippen LogP contribution in [0.5, 0.6) is 0 Å². The second kappa shape index (κ2) is 11.2. The van der Waals surface area contributed by atoms with Gasteiger partial charge in [-0.1, -0.05) is 0 Å². The van der Waals surface area contributed by atoms with Crippen LogP contribution >= 0.6 is 35.3 Å². The number of guanidine groups is 1. The Morgan fingerprint density at radius 2 is 2.00 bits per heavy atom. The largest absolute Gasteiger partial charge is 0.433 e. The van der Waals surface area contributed by atoms with Crippen LogP contribution in [0.3, 0.4) is 0 Å². The lowest BCUT2D eigenvalue weighted by molar-refractivity contribution is -0.141. The number of rotatable bonds is 7. The number of hydrogen-bond donors (Lipinski definition) is 3. The van der Waals surface area contributed by atoms with Gasteiger partial charge in [0.2, 0.25) is 5.95 Å². The number of nitrogens with one attached hydrogen (secondary N) is 3. The Hall–Kier alpha value is -1.70. The van der Waals surface area contributed by atoms with Gasteiger partial charge >= 0.3 is 6.18 Å². The molecule has 2 aromatic rings. The summed E-state index contributed by atoms with van der Waals surface area (Å²) in [5.41, 5.74) is -0.975. The molecule has 0 spiro atoms. The molecule has 0 aliphatic carbocycles. The van der Waals surface area contributed by atoms with Crippen LogP contribution in [0.2, 0.25) is 0 Å². The number of alkyl halides is 3. The number of aromatic nitrogens is 3. The minimum Gasteiger partial charge on any atom is -0.357 e. The van der Waals surface area contributed by atoms with Crippen molar-refractivity contribution in [2.45, 2.75) is 26.6 Å². The molecule has 0 saturated carbocycles. The maximum atomic E-state index is 12.6. The number of aliphatic imine (C=N–C) groups is 1. The average Bonchev–Trinajstić information content (AvgIpc) is 3.01. The van der Waals surface area contributed by atoms with Crippen LogP contribution in [-0.2, 0) is 12.7 Å². The van der Waals surface area contributed by atoms with Gasteiger partial charge in [0.15, 0.2) is 5.96 Å². The number of hydrogen-bond acceptors (Lipinski definition) is 6. The highest BCUT2D eigenvalue weighted by Crippen LogP contribution is 2.27. The molecular weight excluding hydrogens is 494 g/mol. The molecule has 0 radical (unpaired) electrons. The van der Waals surface area contributed by atoms with Gasteiger partial charge in [-0.05, 0) is 19.9 Å². The first kappa shape index (κ1) is 23.3. The Balaban J connectivity index is 0.00000364. The smallest absolute Gasteiger partial charge is 0.357 e. The summed E-state index contributed by atoms with van der Waals surface area (Å²) in [7, 11) is 0. The predicted octanol–water partition coefficient (Wildman–Crippen LogP) is 3.05. The van der Waals surface area contributed by atoms with Crippen LogP contribution in [0.25, 0.3) is 0 Å². The fraction of sp³-hybridized carbons (Fsp3) is 0.467. The third kappa shape index (κ3) is 8.24. The summed E-state index contributed by atoms with van der Waals surface area (Å²) in [5.74, 6) is 0.536. The van der Waals surface area contributed by atoms with Crippen molar-refractivity contribution in [1.82, 2.24) is 25.6 Å². The number of aryl methyl sites for hydroxylation is 1. The molecule has 0 unspecified atom stereocenters. The van der Waals surface area contributed by atoms with Crippen LogP contribution in [0.4, 0.5) is 19.1 Å². The van der Waals surface area contributed by atoms with Crippen molar-refractivity contribution in [3.63, 3.8) is 0 Å². The van der Waals surface area contributed by atoms with E-state index >= 15 is 0 Å². The zero-order chi connectivity index (χ0) is 19.0. The van der Waals surface area contributed by atoms with Gasteiger partial charge in [-0.2, -0.15) is 13.2 Å². The van der Waals surface area contributed by atoms with Crippen molar-refractivity contribution in [2.24, 2.45) is 4.99 Å². The molecule has 150 valence electrons. The molecule has 2 heterocycles. The monoisotopic (exact) mass is 515 g/mol. The molecule has 7 nitrogen and oxygen atoms in total. The zero-order valence-electron chi connectivity index (χ0n) is 14.8. The molecule has 27 heavy (non-hydrogen) atoms. The van der Waals surface area contributed by atoms with Crippen LogP contribution < -0.4 is 16.0 Å². The highest BCUT2D eigenvalue weighted by atomic mass is 127. The molecule has 12 heteroatoms. The Morgan fingerprint density at radius 1 is 1.22 bits per heavy atom. The van der Waals surface area contributed by atoms with E-state index in [1.54, 1.807) is 17.5 Å². The topological polar surface area (TPSA) is 87.1 Å². The normalized spacial score (nSPS) is 11.7. The van der Waals surface area contributed by atoms with Crippen molar-refractivity contribution in [1.29, 1.82) is 0 Å². The summed E-state index contributed by atoms with van der Waals surface area (Å²) in [6, 6.07) is 0.833. The maximum Gasteiger partial charge on any atom is 0.433 e. The molecule has 2 rings (SSSR count). The fourth-order valence-corrected chi connectivity index (χ4v) is 2.63. The number of thiazole rings is 1. The van der Waals surface area contributed by atoms with Gasteiger partial charge in [-0.15, -0.1) is 35.3 Å². The van der Waals surface area contributed by atoms with Crippen molar-refractivity contribution < 1.29 is 13.2 Å². The van der Waals surface area contributed by atoms with Crippen molar-refractivity contribution >= 4 is 47.2 Å². The van der Waals surface area contributed by atoms with Crippen LogP contribution in [0, 0.1) is 6.92 Å². The standard InChI is InChI=1S/C15H20F3N7S.HI/c1-3-19-13(24-9-12-23-8-10(2)26-12)21-6-7-22-14-20-5-4-11(25-14)15(16,17)18;/h4-5,8H,3,6-7,9H2,1-2H3,(H2,19,21,24)(H,20,22,25);1H. The first-order chi connectivity index (χ1) is 12.4. The van der Waals surface area contributed by atoms with E-state index in [-0.39, 0.29) is 29.9 Å². The van der Waals surface area contributed by atoms with Crippen LogP contribution in [0.15, 0.2) is 23.5 Å². The van der Waals surface area contributed by atoms with E-state index in [0.29, 0.717) is 32.1 Å². The highest BCUT2D eigenvalue weighted by Gasteiger charge is 2.32. The van der Waals surface area contributed by atoms with Gasteiger partial charge in [0, 0.05) is 36.9 Å². The predicted molar refractivity (Wildman–Crippen MR) is 111 cm³/mol. The van der Waals surface area contributed by atoms with Gasteiger partial charge in [-0.3, -0.25) is 0 Å². The van der Waals surface area contributed by atoms with Crippen molar-refractivity contribution in [3.8, 4) is 0 Å². The number of anilines is 1. The highest BCUT2D eigenvalue weighted by molar-refractivity contribution is 14.0. The molecule has 0 fully saturated rings. The Kier molecular flexibility index (Phi) is 9.69. The molecule has 2 aromatic heterocycles. The maximum absolute atomic E-state index is 12.6. The summed E-state index contributed by atoms with van der Waals surface area (Å²) in [6.45, 7) is 5.84. The first-order valence-corrected chi connectivity index (χ1v) is 8.77. The number of nitrogens with zero attached hydrogens (tertiary/aromatic N) is 4. The summed E-state index contributed by atoms with van der Waals surface area (Å²) in [6.07, 6.45) is -1.61. The molecule has 0 aromatic carbocycles. The SMILES string of the molecule is CCNC(=NCc1ncc(C)s1)NCCNc1nccc(C(F)(F)F)n1.I. The Labute approximate surface area is 176 Å². The molecule has 0 amide bonds. The van der Waals surface area contributed by atoms with Gasteiger partial charge in [-0.25, -0.2) is 19.9 Å². The zero-order valence-corrected chi connectivity index (χ0v) is 17.9. The first-order valence-electron chi connectivity index (χ1n) is 7.96. The van der Waals surface area contributed by atoms with Crippen LogP contribution in [-0.4, -0.2) is 40.5 Å². The van der Waals surface area contributed by atoms with Crippen LogP contribution in [0.1, 0.15) is 22.5 Å². The lowest BCUT2D eigenvalue weighted by Gasteiger charge is -2.12. The molecule has 0 aliphatic rings. The second-order valence-electron chi connectivity index (χ2n) is 5.18. The second-order valence-corrected chi connectivity index (χ2v) is 6.50. The van der Waals surface area contributed by atoms with E-state index in [9.17, 15) is 13.2 Å². The molecule has 0 saturated heterocycles. The molecule has 3 N–H and O–H groups in total. The van der Waals surface area contributed by atoms with Crippen molar-refractivity contribution in [2.75, 3.05) is 25.0 Å². The van der Waals surface area contributed by atoms with E-state index in [4.69, 9.17) is 0 Å².